The van der Waals surface area contributed by atoms with Gasteiger partial charge in [-0.15, -0.1) is 0 Å². The van der Waals surface area contributed by atoms with Crippen molar-refractivity contribution < 1.29 is 0 Å². The Morgan fingerprint density at radius 3 is 2.88 bits per heavy atom. The molecular formula is C14H19BrClN. The van der Waals surface area contributed by atoms with Crippen molar-refractivity contribution in [2.45, 2.75) is 44.6 Å². The summed E-state index contributed by atoms with van der Waals surface area (Å²) >= 11 is 9.70. The van der Waals surface area contributed by atoms with Gasteiger partial charge < -0.3 is 5.73 Å². The summed E-state index contributed by atoms with van der Waals surface area (Å²) in [5.74, 6) is 0.580. The van der Waals surface area contributed by atoms with Crippen LogP contribution < -0.4 is 5.73 Å². The molecule has 1 aromatic carbocycles. The summed E-state index contributed by atoms with van der Waals surface area (Å²) in [5, 5.41) is 0.821. The summed E-state index contributed by atoms with van der Waals surface area (Å²) in [7, 11) is 0. The van der Waals surface area contributed by atoms with Crippen molar-refractivity contribution in [3.8, 4) is 0 Å². The molecule has 1 saturated carbocycles. The molecule has 1 aliphatic rings. The average Bonchev–Trinajstić information content (AvgIpc) is 2.27. The summed E-state index contributed by atoms with van der Waals surface area (Å²) in [6.07, 6.45) is 5.80. The molecule has 0 amide bonds. The van der Waals surface area contributed by atoms with Crippen LogP contribution in [0.4, 0.5) is 0 Å². The van der Waals surface area contributed by atoms with Crippen LogP contribution in [0.5, 0.6) is 0 Å². The van der Waals surface area contributed by atoms with Crippen LogP contribution in [-0.2, 0) is 6.42 Å². The van der Waals surface area contributed by atoms with E-state index in [4.69, 9.17) is 17.3 Å². The Morgan fingerprint density at radius 1 is 1.47 bits per heavy atom. The molecule has 0 radical (unpaired) electrons. The minimum Gasteiger partial charge on any atom is -0.325 e. The molecule has 0 aliphatic heterocycles. The molecule has 1 nitrogen and oxygen atoms in total. The van der Waals surface area contributed by atoms with Crippen LogP contribution in [0.3, 0.4) is 0 Å². The summed E-state index contributed by atoms with van der Waals surface area (Å²) in [6.45, 7) is 2.27. The number of halogens is 2. The van der Waals surface area contributed by atoms with Gasteiger partial charge >= 0.3 is 0 Å². The minimum atomic E-state index is -0.0737. The van der Waals surface area contributed by atoms with Crippen molar-refractivity contribution in [2.75, 3.05) is 0 Å². The highest BCUT2D eigenvalue weighted by Gasteiger charge is 2.34. The maximum Gasteiger partial charge on any atom is 0.0449 e. The topological polar surface area (TPSA) is 26.0 Å². The van der Waals surface area contributed by atoms with E-state index in [0.717, 1.165) is 22.3 Å². The molecule has 3 heteroatoms. The van der Waals surface area contributed by atoms with Crippen LogP contribution in [0, 0.1) is 5.92 Å². The Labute approximate surface area is 117 Å². The summed E-state index contributed by atoms with van der Waals surface area (Å²) in [6, 6.07) is 6.08. The van der Waals surface area contributed by atoms with Gasteiger partial charge in [0.25, 0.3) is 0 Å². The van der Waals surface area contributed by atoms with E-state index in [1.54, 1.807) is 0 Å². The predicted molar refractivity (Wildman–Crippen MR) is 77.4 cm³/mol. The van der Waals surface area contributed by atoms with Crippen LogP contribution in [-0.4, -0.2) is 5.54 Å². The highest BCUT2D eigenvalue weighted by Crippen LogP contribution is 2.36. The van der Waals surface area contributed by atoms with E-state index in [1.165, 1.54) is 24.8 Å². The molecule has 1 aromatic rings. The van der Waals surface area contributed by atoms with Gasteiger partial charge in [-0.1, -0.05) is 53.4 Å². The Hall–Kier alpha value is -0.0500. The molecule has 2 N–H and O–H groups in total. The zero-order valence-electron chi connectivity index (χ0n) is 10.2. The molecule has 2 rings (SSSR count). The third-order valence-corrected chi connectivity index (χ3v) is 4.89. The molecule has 0 aromatic heterocycles. The SMILES string of the molecule is CC1CCCCC1(N)Cc1ccc(Br)cc1Cl. The number of hydrogen-bond donors (Lipinski definition) is 1. The van der Waals surface area contributed by atoms with Crippen LogP contribution >= 0.6 is 27.5 Å². The fraction of sp³-hybridized carbons (Fsp3) is 0.571. The van der Waals surface area contributed by atoms with Crippen molar-refractivity contribution in [1.29, 1.82) is 0 Å². The first-order valence-corrected chi connectivity index (χ1v) is 7.41. The zero-order valence-corrected chi connectivity index (χ0v) is 12.5. The van der Waals surface area contributed by atoms with Crippen LogP contribution in [0.15, 0.2) is 22.7 Å². The molecule has 0 saturated heterocycles. The van der Waals surface area contributed by atoms with E-state index in [-0.39, 0.29) is 5.54 Å². The monoisotopic (exact) mass is 315 g/mol. The van der Waals surface area contributed by atoms with Crippen LogP contribution in [0.25, 0.3) is 0 Å². The maximum absolute atomic E-state index is 6.57. The number of hydrogen-bond acceptors (Lipinski definition) is 1. The van der Waals surface area contributed by atoms with Gasteiger partial charge in [0.15, 0.2) is 0 Å². The van der Waals surface area contributed by atoms with Gasteiger partial charge in [0, 0.05) is 15.0 Å². The standard InChI is InChI=1S/C14H19BrClN/c1-10-4-2-3-7-14(10,17)9-11-5-6-12(15)8-13(11)16/h5-6,8,10H,2-4,7,9,17H2,1H3. The largest absolute Gasteiger partial charge is 0.325 e. The second-order valence-electron chi connectivity index (χ2n) is 5.29. The molecule has 94 valence electrons. The number of benzene rings is 1. The van der Waals surface area contributed by atoms with Crippen LogP contribution in [0.1, 0.15) is 38.2 Å². The van der Waals surface area contributed by atoms with Gasteiger partial charge in [-0.3, -0.25) is 0 Å². The van der Waals surface area contributed by atoms with Crippen molar-refractivity contribution >= 4 is 27.5 Å². The molecule has 1 aliphatic carbocycles. The van der Waals surface area contributed by atoms with E-state index in [9.17, 15) is 0 Å². The van der Waals surface area contributed by atoms with Gasteiger partial charge in [-0.05, 0) is 42.9 Å². The summed E-state index contributed by atoms with van der Waals surface area (Å²) in [4.78, 5) is 0. The summed E-state index contributed by atoms with van der Waals surface area (Å²) < 4.78 is 1.02. The lowest BCUT2D eigenvalue weighted by Gasteiger charge is -2.40. The van der Waals surface area contributed by atoms with Gasteiger partial charge in [0.05, 0.1) is 0 Å². The van der Waals surface area contributed by atoms with Gasteiger partial charge in [0.1, 0.15) is 0 Å². The van der Waals surface area contributed by atoms with Crippen molar-refractivity contribution in [3.63, 3.8) is 0 Å². The number of rotatable bonds is 2. The van der Waals surface area contributed by atoms with Gasteiger partial charge in [-0.25, -0.2) is 0 Å². The quantitative estimate of drug-likeness (QED) is 0.851. The lowest BCUT2D eigenvalue weighted by molar-refractivity contribution is 0.204. The molecule has 0 heterocycles. The second kappa shape index (κ2) is 5.29. The number of nitrogens with two attached hydrogens (primary N) is 1. The van der Waals surface area contributed by atoms with Gasteiger partial charge in [0.2, 0.25) is 0 Å². The van der Waals surface area contributed by atoms with E-state index in [1.807, 2.05) is 12.1 Å². The van der Waals surface area contributed by atoms with E-state index >= 15 is 0 Å². The van der Waals surface area contributed by atoms with Crippen molar-refractivity contribution in [1.82, 2.24) is 0 Å². The molecule has 17 heavy (non-hydrogen) atoms. The van der Waals surface area contributed by atoms with Gasteiger partial charge in [-0.2, -0.15) is 0 Å². The van der Waals surface area contributed by atoms with Crippen molar-refractivity contribution in [2.24, 2.45) is 11.7 Å². The molecule has 1 fully saturated rings. The fourth-order valence-corrected chi connectivity index (χ4v) is 3.46. The third kappa shape index (κ3) is 3.04. The normalized spacial score (nSPS) is 29.3. The lowest BCUT2D eigenvalue weighted by atomic mass is 9.71. The molecule has 2 atom stereocenters. The Balaban J connectivity index is 2.19. The van der Waals surface area contributed by atoms with E-state index < -0.39 is 0 Å². The first-order valence-electron chi connectivity index (χ1n) is 6.24. The Kier molecular flexibility index (Phi) is 4.17. The average molecular weight is 317 g/mol. The third-order valence-electron chi connectivity index (χ3n) is 4.05. The zero-order chi connectivity index (χ0) is 12.5. The Morgan fingerprint density at radius 2 is 2.24 bits per heavy atom. The molecular weight excluding hydrogens is 298 g/mol. The highest BCUT2D eigenvalue weighted by atomic mass is 79.9. The van der Waals surface area contributed by atoms with E-state index in [0.29, 0.717) is 5.92 Å². The molecule has 0 bridgehead atoms. The highest BCUT2D eigenvalue weighted by molar-refractivity contribution is 9.10. The Bertz CT molecular complexity index is 407. The van der Waals surface area contributed by atoms with E-state index in [2.05, 4.69) is 28.9 Å². The summed E-state index contributed by atoms with van der Waals surface area (Å²) in [5.41, 5.74) is 7.67. The lowest BCUT2D eigenvalue weighted by Crippen LogP contribution is -2.50. The van der Waals surface area contributed by atoms with Crippen molar-refractivity contribution in [3.05, 3.63) is 33.3 Å². The fourth-order valence-electron chi connectivity index (χ4n) is 2.72. The minimum absolute atomic E-state index is 0.0737. The maximum atomic E-state index is 6.57. The second-order valence-corrected chi connectivity index (χ2v) is 6.62. The predicted octanol–water partition coefficient (Wildman–Crippen LogP) is 4.55. The molecule has 2 unspecified atom stereocenters. The smallest absolute Gasteiger partial charge is 0.0449 e. The first kappa shape index (κ1) is 13.4. The molecule has 0 spiro atoms. The van der Waals surface area contributed by atoms with Crippen LogP contribution in [0.2, 0.25) is 5.02 Å². The first-order chi connectivity index (χ1) is 8.01.